The van der Waals surface area contributed by atoms with Crippen molar-refractivity contribution in [3.8, 4) is 0 Å². The van der Waals surface area contributed by atoms with Crippen LogP contribution in [0.15, 0.2) is 11.8 Å². The summed E-state index contributed by atoms with van der Waals surface area (Å²) in [6.07, 6.45) is 10.1. The van der Waals surface area contributed by atoms with E-state index < -0.39 is 0 Å². The lowest BCUT2D eigenvalue weighted by molar-refractivity contribution is -0.137. The van der Waals surface area contributed by atoms with Crippen molar-refractivity contribution in [2.24, 2.45) is 5.92 Å². The summed E-state index contributed by atoms with van der Waals surface area (Å²) in [5, 5.41) is 0. The van der Waals surface area contributed by atoms with Gasteiger partial charge in [0.05, 0.1) is 0 Å². The first-order valence-corrected chi connectivity index (χ1v) is 8.33. The van der Waals surface area contributed by atoms with Gasteiger partial charge in [0.25, 0.3) is 0 Å². The number of allylic oxidation sites excluding steroid dienone is 2. The summed E-state index contributed by atoms with van der Waals surface area (Å²) < 4.78 is 6.01. The molecule has 2 unspecified atom stereocenters. The topological polar surface area (TPSA) is 43.4 Å². The zero-order valence-corrected chi connectivity index (χ0v) is 12.1. The molecule has 104 valence electrons. The summed E-state index contributed by atoms with van der Waals surface area (Å²) in [4.78, 5) is 23.3. The second-order valence-corrected chi connectivity index (χ2v) is 7.14. The Bertz CT molecular complexity index is 431. The first kappa shape index (κ1) is 13.2. The van der Waals surface area contributed by atoms with Crippen LogP contribution in [0.25, 0.3) is 0 Å². The van der Waals surface area contributed by atoms with E-state index in [2.05, 4.69) is 6.26 Å². The van der Waals surface area contributed by atoms with Crippen LogP contribution in [0.2, 0.25) is 0 Å². The lowest BCUT2D eigenvalue weighted by atomic mass is 9.70. The van der Waals surface area contributed by atoms with Crippen LogP contribution in [0.3, 0.4) is 0 Å². The molecule has 4 heteroatoms. The third-order valence-corrected chi connectivity index (χ3v) is 6.43. The third kappa shape index (κ3) is 2.35. The maximum absolute atomic E-state index is 11.9. The van der Waals surface area contributed by atoms with E-state index in [4.69, 9.17) is 4.74 Å². The Morgan fingerprint density at radius 3 is 2.58 bits per heavy atom. The van der Waals surface area contributed by atoms with Crippen molar-refractivity contribution < 1.29 is 14.3 Å². The van der Waals surface area contributed by atoms with Gasteiger partial charge in [-0.25, -0.2) is 0 Å². The van der Waals surface area contributed by atoms with Gasteiger partial charge in [0.15, 0.2) is 17.7 Å². The monoisotopic (exact) mass is 280 g/mol. The number of carbonyl (C=O) groups is 2. The highest BCUT2D eigenvalue weighted by Crippen LogP contribution is 2.52. The van der Waals surface area contributed by atoms with Crippen LogP contribution >= 0.6 is 11.8 Å². The molecule has 2 atom stereocenters. The quantitative estimate of drug-likeness (QED) is 0.794. The standard InChI is InChI=1S/C15H20O3S/c1-19-15(5-2-6-15)10-7-11(16)9-12(8-10)18-14-4-3-13(14)17/h9-10,14H,2-8H2,1H3. The number of hydrogen-bond acceptors (Lipinski definition) is 4. The zero-order valence-electron chi connectivity index (χ0n) is 11.3. The molecule has 0 bridgehead atoms. The molecule has 0 aromatic heterocycles. The molecule has 0 saturated heterocycles. The van der Waals surface area contributed by atoms with Gasteiger partial charge in [-0.05, 0) is 31.4 Å². The fourth-order valence-electron chi connectivity index (χ4n) is 3.30. The van der Waals surface area contributed by atoms with Crippen molar-refractivity contribution in [1.29, 1.82) is 0 Å². The Hall–Kier alpha value is -0.770. The third-order valence-electron chi connectivity index (χ3n) is 4.87. The highest BCUT2D eigenvalue weighted by atomic mass is 32.2. The Balaban J connectivity index is 1.68. The smallest absolute Gasteiger partial charge is 0.173 e. The molecule has 3 rings (SSSR count). The maximum Gasteiger partial charge on any atom is 0.173 e. The number of rotatable bonds is 4. The van der Waals surface area contributed by atoms with Gasteiger partial charge >= 0.3 is 0 Å². The van der Waals surface area contributed by atoms with Crippen LogP contribution in [0.4, 0.5) is 0 Å². The molecule has 0 N–H and O–H groups in total. The Labute approximate surface area is 118 Å². The number of carbonyl (C=O) groups excluding carboxylic acids is 2. The lowest BCUT2D eigenvalue weighted by Crippen LogP contribution is -2.44. The molecule has 2 saturated carbocycles. The number of Topliss-reactive ketones (excluding diaryl/α,β-unsaturated/α-hetero) is 1. The first-order chi connectivity index (χ1) is 9.13. The SMILES string of the molecule is CSC1(C2CC(=O)C=C(OC3CCC3=O)C2)CCC1. The van der Waals surface area contributed by atoms with Gasteiger partial charge in [-0.15, -0.1) is 0 Å². The van der Waals surface area contributed by atoms with Crippen molar-refractivity contribution in [2.45, 2.75) is 55.8 Å². The molecule has 3 aliphatic carbocycles. The minimum absolute atomic E-state index is 0.165. The predicted octanol–water partition coefficient (Wildman–Crippen LogP) is 2.88. The first-order valence-electron chi connectivity index (χ1n) is 7.11. The van der Waals surface area contributed by atoms with Crippen molar-refractivity contribution in [3.63, 3.8) is 0 Å². The van der Waals surface area contributed by atoms with Crippen molar-refractivity contribution in [3.05, 3.63) is 11.8 Å². The fourth-order valence-corrected chi connectivity index (χ4v) is 4.50. The summed E-state index contributed by atoms with van der Waals surface area (Å²) in [6, 6.07) is 0. The summed E-state index contributed by atoms with van der Waals surface area (Å²) >= 11 is 1.91. The summed E-state index contributed by atoms with van der Waals surface area (Å²) in [6.45, 7) is 0. The Morgan fingerprint density at radius 1 is 1.32 bits per heavy atom. The number of thioether (sulfide) groups is 1. The number of ether oxygens (including phenoxy) is 1. The molecule has 19 heavy (non-hydrogen) atoms. The van der Waals surface area contributed by atoms with E-state index in [1.54, 1.807) is 6.08 Å². The van der Waals surface area contributed by atoms with Gasteiger partial charge in [-0.3, -0.25) is 9.59 Å². The van der Waals surface area contributed by atoms with Gasteiger partial charge < -0.3 is 4.74 Å². The normalized spacial score (nSPS) is 33.2. The molecule has 0 spiro atoms. The predicted molar refractivity (Wildman–Crippen MR) is 75.0 cm³/mol. The molecule has 0 radical (unpaired) electrons. The molecule has 0 aromatic rings. The Kier molecular flexibility index (Phi) is 3.46. The van der Waals surface area contributed by atoms with Crippen LogP contribution in [0.1, 0.15) is 44.9 Å². The van der Waals surface area contributed by atoms with Gasteiger partial charge in [0.1, 0.15) is 5.76 Å². The van der Waals surface area contributed by atoms with E-state index in [-0.39, 0.29) is 22.4 Å². The largest absolute Gasteiger partial charge is 0.487 e. The highest BCUT2D eigenvalue weighted by Gasteiger charge is 2.46. The van der Waals surface area contributed by atoms with Gasteiger partial charge in [0.2, 0.25) is 0 Å². The molecule has 3 nitrogen and oxygen atoms in total. The van der Waals surface area contributed by atoms with Crippen LogP contribution in [-0.2, 0) is 14.3 Å². The molecule has 0 aromatic carbocycles. The van der Waals surface area contributed by atoms with Crippen LogP contribution in [0, 0.1) is 5.92 Å². The summed E-state index contributed by atoms with van der Waals surface area (Å²) in [5.41, 5.74) is 0. The maximum atomic E-state index is 11.9. The van der Waals surface area contributed by atoms with Gasteiger partial charge in [-0.1, -0.05) is 6.42 Å². The minimum Gasteiger partial charge on any atom is -0.487 e. The minimum atomic E-state index is -0.274. The second kappa shape index (κ2) is 4.97. The molecular formula is C15H20O3S. The van der Waals surface area contributed by atoms with Crippen molar-refractivity contribution in [1.82, 2.24) is 0 Å². The zero-order chi connectivity index (χ0) is 13.5. The van der Waals surface area contributed by atoms with E-state index in [1.807, 2.05) is 11.8 Å². The van der Waals surface area contributed by atoms with E-state index in [0.29, 0.717) is 18.8 Å². The molecule has 0 aliphatic heterocycles. The van der Waals surface area contributed by atoms with E-state index in [1.165, 1.54) is 19.3 Å². The average Bonchev–Trinajstić information content (AvgIpc) is 2.33. The molecular weight excluding hydrogens is 260 g/mol. The highest BCUT2D eigenvalue weighted by molar-refractivity contribution is 8.00. The average molecular weight is 280 g/mol. The van der Waals surface area contributed by atoms with Crippen molar-refractivity contribution >= 4 is 23.3 Å². The van der Waals surface area contributed by atoms with Gasteiger partial charge in [0, 0.05) is 30.1 Å². The summed E-state index contributed by atoms with van der Waals surface area (Å²) in [5.74, 6) is 1.48. The Morgan fingerprint density at radius 2 is 2.11 bits per heavy atom. The molecule has 0 heterocycles. The number of ketones is 2. The van der Waals surface area contributed by atoms with E-state index >= 15 is 0 Å². The number of hydrogen-bond donors (Lipinski definition) is 0. The van der Waals surface area contributed by atoms with Crippen LogP contribution in [0.5, 0.6) is 0 Å². The fraction of sp³-hybridized carbons (Fsp3) is 0.733. The van der Waals surface area contributed by atoms with Crippen molar-refractivity contribution in [2.75, 3.05) is 6.26 Å². The van der Waals surface area contributed by atoms with Crippen LogP contribution < -0.4 is 0 Å². The molecule has 0 amide bonds. The van der Waals surface area contributed by atoms with E-state index in [9.17, 15) is 9.59 Å². The molecule has 2 fully saturated rings. The van der Waals surface area contributed by atoms with Crippen LogP contribution in [-0.4, -0.2) is 28.7 Å². The summed E-state index contributed by atoms with van der Waals surface area (Å²) in [7, 11) is 0. The lowest BCUT2D eigenvalue weighted by Gasteiger charge is -2.47. The second-order valence-electron chi connectivity index (χ2n) is 5.92. The van der Waals surface area contributed by atoms with Gasteiger partial charge in [-0.2, -0.15) is 11.8 Å². The van der Waals surface area contributed by atoms with E-state index in [0.717, 1.165) is 18.6 Å². The molecule has 3 aliphatic rings.